The summed E-state index contributed by atoms with van der Waals surface area (Å²) < 4.78 is 0. The van der Waals surface area contributed by atoms with Crippen molar-refractivity contribution in [3.63, 3.8) is 0 Å². The monoisotopic (exact) mass is 669 g/mol. The lowest BCUT2D eigenvalue weighted by Gasteiger charge is -2.47. The van der Waals surface area contributed by atoms with Crippen molar-refractivity contribution in [3.05, 3.63) is 131 Å². The third kappa shape index (κ3) is 6.94. The van der Waals surface area contributed by atoms with E-state index in [1.165, 1.54) is 5.57 Å². The largest absolute Gasteiger partial charge is 0.393 e. The van der Waals surface area contributed by atoms with Crippen LogP contribution in [0, 0.1) is 5.41 Å². The first-order valence-electron chi connectivity index (χ1n) is 18.5. The number of fused-ring (bicyclic) bond motifs is 8. The van der Waals surface area contributed by atoms with Gasteiger partial charge >= 0.3 is 0 Å². The number of aliphatic hydroxyl groups excluding tert-OH is 1. The number of rotatable bonds is 6. The van der Waals surface area contributed by atoms with Crippen LogP contribution in [0.1, 0.15) is 85.3 Å². The van der Waals surface area contributed by atoms with Crippen LogP contribution in [0.25, 0.3) is 11.1 Å². The second-order valence-electron chi connectivity index (χ2n) is 15.1. The van der Waals surface area contributed by atoms with E-state index in [1.807, 2.05) is 66.9 Å². The molecule has 6 nitrogen and oxygen atoms in total. The summed E-state index contributed by atoms with van der Waals surface area (Å²) in [5.41, 5.74) is 5.22. The molecule has 2 heterocycles. The zero-order chi connectivity index (χ0) is 34.7. The van der Waals surface area contributed by atoms with Crippen LogP contribution in [0.5, 0.6) is 0 Å². The van der Waals surface area contributed by atoms with Gasteiger partial charge in [-0.15, -0.1) is 0 Å². The van der Waals surface area contributed by atoms with Crippen LogP contribution in [0.15, 0.2) is 109 Å². The van der Waals surface area contributed by atoms with Gasteiger partial charge in [0, 0.05) is 55.5 Å². The molecule has 1 aliphatic heterocycles. The lowest BCUT2D eigenvalue weighted by molar-refractivity contribution is -0.0841. The number of β-amino-alcohol motifs (C(OH)–C–C–N with tert-alkyl or cyclic N) is 1. The minimum atomic E-state index is -0.916. The van der Waals surface area contributed by atoms with Gasteiger partial charge in [0.05, 0.1) is 11.7 Å². The molecule has 50 heavy (non-hydrogen) atoms. The SMILES string of the molecule is CC1=CCCC2(C)C(CCC2(O)CN2CCN(c3ccccn3)CC2)c2ccc(cc2C(=O)c2ccccc2-c2ccccc2)CC(O)CC1. The smallest absolute Gasteiger partial charge is 0.193 e. The van der Waals surface area contributed by atoms with Gasteiger partial charge in [-0.25, -0.2) is 4.98 Å². The van der Waals surface area contributed by atoms with Crippen molar-refractivity contribution < 1.29 is 15.0 Å². The van der Waals surface area contributed by atoms with Gasteiger partial charge in [0.15, 0.2) is 5.78 Å². The highest BCUT2D eigenvalue weighted by molar-refractivity contribution is 6.13. The molecule has 2 bridgehead atoms. The quantitative estimate of drug-likeness (QED) is 0.161. The molecule has 3 aliphatic carbocycles. The predicted molar refractivity (Wildman–Crippen MR) is 202 cm³/mol. The fourth-order valence-electron chi connectivity index (χ4n) is 8.94. The van der Waals surface area contributed by atoms with Crippen molar-refractivity contribution >= 4 is 11.6 Å². The fourth-order valence-corrected chi connectivity index (χ4v) is 8.94. The maximum Gasteiger partial charge on any atom is 0.193 e. The Labute approximate surface area is 297 Å². The number of pyridine rings is 1. The van der Waals surface area contributed by atoms with Gasteiger partial charge in [-0.2, -0.15) is 0 Å². The molecule has 4 unspecified atom stereocenters. The van der Waals surface area contributed by atoms with Crippen molar-refractivity contribution in [3.8, 4) is 11.1 Å². The summed E-state index contributed by atoms with van der Waals surface area (Å²) in [5.74, 6) is 1.01. The van der Waals surface area contributed by atoms with E-state index in [9.17, 15) is 15.0 Å². The molecule has 4 aromatic rings. The first kappa shape index (κ1) is 34.4. The Morgan fingerprint density at radius 3 is 2.42 bits per heavy atom. The van der Waals surface area contributed by atoms with Crippen LogP contribution < -0.4 is 4.90 Å². The summed E-state index contributed by atoms with van der Waals surface area (Å²) in [6.45, 7) is 8.56. The average molecular weight is 670 g/mol. The van der Waals surface area contributed by atoms with Crippen molar-refractivity contribution in [2.75, 3.05) is 37.6 Å². The zero-order valence-corrected chi connectivity index (χ0v) is 29.6. The third-order valence-electron chi connectivity index (χ3n) is 12.0. The molecule has 0 radical (unpaired) electrons. The number of ketones is 1. The predicted octanol–water partition coefficient (Wildman–Crippen LogP) is 7.84. The van der Waals surface area contributed by atoms with Gasteiger partial charge in [-0.05, 0) is 98.2 Å². The molecule has 260 valence electrons. The summed E-state index contributed by atoms with van der Waals surface area (Å²) in [4.78, 5) is 24.2. The number of carbonyl (C=O) groups is 1. The molecule has 2 fully saturated rings. The van der Waals surface area contributed by atoms with Crippen LogP contribution in [-0.2, 0) is 6.42 Å². The number of hydrogen-bond donors (Lipinski definition) is 2. The second-order valence-corrected chi connectivity index (χ2v) is 15.1. The highest BCUT2D eigenvalue weighted by Crippen LogP contribution is 2.59. The first-order chi connectivity index (χ1) is 24.2. The molecular weight excluding hydrogens is 619 g/mol. The first-order valence-corrected chi connectivity index (χ1v) is 18.5. The standard InChI is InChI=1S/C44H51N3O3/c1-32-11-10-22-43(2)40(21-23-44(43,50)31-46-25-27-47(28-26-46)41-16-8-9-24-45-41)37-20-18-33(29-35(48)19-17-32)30-39(37)42(49)38-15-7-6-14-36(38)34-12-4-3-5-13-34/h3-9,11-16,18,20,24,30,35,40,48,50H,10,17,19,21-23,25-29,31H2,1-2H3. The van der Waals surface area contributed by atoms with E-state index in [0.717, 1.165) is 79.9 Å². The van der Waals surface area contributed by atoms with Gasteiger partial charge in [0.25, 0.3) is 0 Å². The zero-order valence-electron chi connectivity index (χ0n) is 29.6. The molecule has 1 saturated heterocycles. The molecule has 0 spiro atoms. The molecule has 1 saturated carbocycles. The maximum atomic E-state index is 14.9. The summed E-state index contributed by atoms with van der Waals surface area (Å²) in [5, 5.41) is 23.9. The summed E-state index contributed by atoms with van der Waals surface area (Å²) >= 11 is 0. The lowest BCUT2D eigenvalue weighted by atomic mass is 9.64. The van der Waals surface area contributed by atoms with E-state index in [4.69, 9.17) is 0 Å². The number of piperazine rings is 1. The van der Waals surface area contributed by atoms with E-state index < -0.39 is 17.1 Å². The highest BCUT2D eigenvalue weighted by Gasteiger charge is 2.57. The number of anilines is 1. The minimum absolute atomic E-state index is 0.000709. The van der Waals surface area contributed by atoms with E-state index in [0.29, 0.717) is 36.9 Å². The Morgan fingerprint density at radius 1 is 0.880 bits per heavy atom. The van der Waals surface area contributed by atoms with E-state index in [-0.39, 0.29) is 11.7 Å². The number of aliphatic hydroxyl groups is 2. The Morgan fingerprint density at radius 2 is 1.64 bits per heavy atom. The minimum Gasteiger partial charge on any atom is -0.393 e. The number of allylic oxidation sites excluding steroid dienone is 2. The summed E-state index contributed by atoms with van der Waals surface area (Å²) in [6, 6.07) is 30.4. The summed E-state index contributed by atoms with van der Waals surface area (Å²) in [7, 11) is 0. The Bertz CT molecular complexity index is 1820. The molecule has 4 aliphatic rings. The Balaban J connectivity index is 1.25. The van der Waals surface area contributed by atoms with Crippen LogP contribution in [0.2, 0.25) is 0 Å². The van der Waals surface area contributed by atoms with Gasteiger partial charge in [-0.1, -0.05) is 91.4 Å². The molecule has 8 rings (SSSR count). The number of benzene rings is 3. The maximum absolute atomic E-state index is 14.9. The third-order valence-corrected chi connectivity index (χ3v) is 12.0. The highest BCUT2D eigenvalue weighted by atomic mass is 16.3. The molecule has 4 atom stereocenters. The number of carbonyl (C=O) groups excluding carboxylic acids is 1. The molecule has 1 aromatic heterocycles. The molecule has 6 heteroatoms. The molecular formula is C44H51N3O3. The van der Waals surface area contributed by atoms with Gasteiger partial charge in [0.2, 0.25) is 0 Å². The van der Waals surface area contributed by atoms with Crippen molar-refractivity contribution in [1.29, 1.82) is 0 Å². The van der Waals surface area contributed by atoms with Crippen LogP contribution in [-0.4, -0.2) is 70.3 Å². The van der Waals surface area contributed by atoms with Gasteiger partial charge < -0.3 is 15.1 Å². The number of aromatic nitrogens is 1. The van der Waals surface area contributed by atoms with E-state index >= 15 is 0 Å². The van der Waals surface area contributed by atoms with Gasteiger partial charge in [-0.3, -0.25) is 9.69 Å². The van der Waals surface area contributed by atoms with Crippen LogP contribution in [0.4, 0.5) is 5.82 Å². The number of hydrogen-bond acceptors (Lipinski definition) is 6. The number of nitrogens with zero attached hydrogens (tertiary/aromatic N) is 3. The second kappa shape index (κ2) is 14.6. The van der Waals surface area contributed by atoms with Crippen molar-refractivity contribution in [1.82, 2.24) is 9.88 Å². The van der Waals surface area contributed by atoms with Crippen molar-refractivity contribution in [2.24, 2.45) is 5.41 Å². The van der Waals surface area contributed by atoms with Crippen LogP contribution in [0.3, 0.4) is 0 Å². The average Bonchev–Trinajstić information content (AvgIpc) is 3.39. The molecule has 2 N–H and O–H groups in total. The Hall–Kier alpha value is -4.10. The molecule has 0 amide bonds. The van der Waals surface area contributed by atoms with E-state index in [1.54, 1.807) is 0 Å². The normalized spacial score (nSPS) is 26.2. The fraction of sp³-hybridized carbons (Fsp3) is 0.409. The molecule has 3 aromatic carbocycles. The van der Waals surface area contributed by atoms with Crippen molar-refractivity contribution in [2.45, 2.75) is 76.4 Å². The Kier molecular flexibility index (Phi) is 10.1. The van der Waals surface area contributed by atoms with Gasteiger partial charge in [0.1, 0.15) is 5.82 Å². The van der Waals surface area contributed by atoms with E-state index in [2.05, 4.69) is 65.0 Å². The topological polar surface area (TPSA) is 76.9 Å². The lowest BCUT2D eigenvalue weighted by Crippen LogP contribution is -2.56. The van der Waals surface area contributed by atoms with Crippen LogP contribution >= 0.6 is 0 Å². The summed E-state index contributed by atoms with van der Waals surface area (Å²) in [6.07, 6.45) is 8.87.